The second-order valence-electron chi connectivity index (χ2n) is 7.50. The van der Waals surface area contributed by atoms with Gasteiger partial charge in [-0.15, -0.1) is 0 Å². The first-order valence-electron chi connectivity index (χ1n) is 10.3. The number of carbonyl (C=O) groups excluding carboxylic acids is 2. The molecule has 0 radical (unpaired) electrons. The highest BCUT2D eigenvalue weighted by atomic mass is 16.5. The third-order valence-electron chi connectivity index (χ3n) is 5.32. The lowest BCUT2D eigenvalue weighted by atomic mass is 10.1. The number of nitrogens with one attached hydrogen (secondary N) is 1. The van der Waals surface area contributed by atoms with Crippen LogP contribution in [0, 0.1) is 6.92 Å². The van der Waals surface area contributed by atoms with Crippen LogP contribution in [-0.4, -0.2) is 30.5 Å². The Morgan fingerprint density at radius 2 is 2.00 bits per heavy atom. The van der Waals surface area contributed by atoms with Gasteiger partial charge in [0, 0.05) is 24.2 Å². The molecule has 7 nitrogen and oxygen atoms in total. The highest BCUT2D eigenvalue weighted by molar-refractivity contribution is 5.98. The van der Waals surface area contributed by atoms with Gasteiger partial charge in [0.25, 0.3) is 0 Å². The van der Waals surface area contributed by atoms with Gasteiger partial charge in [0.2, 0.25) is 17.7 Å². The number of oxazole rings is 1. The second-order valence-corrected chi connectivity index (χ2v) is 7.50. The Hall–Kier alpha value is -3.61. The molecular weight excluding hydrogens is 394 g/mol. The Labute approximate surface area is 181 Å². The zero-order valence-electron chi connectivity index (χ0n) is 17.7. The minimum absolute atomic E-state index is 0.0692. The van der Waals surface area contributed by atoms with Crippen LogP contribution in [0.1, 0.15) is 30.7 Å². The van der Waals surface area contributed by atoms with Gasteiger partial charge in [-0.1, -0.05) is 18.2 Å². The fourth-order valence-electron chi connectivity index (χ4n) is 3.69. The summed E-state index contributed by atoms with van der Waals surface area (Å²) < 4.78 is 11.2. The van der Waals surface area contributed by atoms with Crippen molar-refractivity contribution in [3.63, 3.8) is 0 Å². The molecule has 31 heavy (non-hydrogen) atoms. The van der Waals surface area contributed by atoms with Crippen LogP contribution in [0.25, 0.3) is 11.5 Å². The van der Waals surface area contributed by atoms with Crippen molar-refractivity contribution in [2.24, 2.45) is 0 Å². The number of hydrogen-bond donors (Lipinski definition) is 1. The van der Waals surface area contributed by atoms with Crippen molar-refractivity contribution in [1.29, 1.82) is 0 Å². The zero-order valence-corrected chi connectivity index (χ0v) is 17.7. The quantitative estimate of drug-likeness (QED) is 0.642. The molecule has 1 N–H and O–H groups in total. The first kappa shape index (κ1) is 20.7. The molecule has 1 saturated heterocycles. The number of nitrogens with zero attached hydrogens (tertiary/aromatic N) is 2. The topological polar surface area (TPSA) is 84.7 Å². The third-order valence-corrected chi connectivity index (χ3v) is 5.32. The zero-order chi connectivity index (χ0) is 21.8. The van der Waals surface area contributed by atoms with Gasteiger partial charge < -0.3 is 19.4 Å². The van der Waals surface area contributed by atoms with E-state index in [1.807, 2.05) is 30.3 Å². The lowest BCUT2D eigenvalue weighted by Crippen LogP contribution is -2.35. The molecule has 0 atom stereocenters. The van der Waals surface area contributed by atoms with Gasteiger partial charge in [0.15, 0.2) is 0 Å². The summed E-state index contributed by atoms with van der Waals surface area (Å²) in [5.74, 6) is 1.57. The summed E-state index contributed by atoms with van der Waals surface area (Å²) in [5, 5.41) is 2.90. The Morgan fingerprint density at radius 1 is 1.19 bits per heavy atom. The van der Waals surface area contributed by atoms with Gasteiger partial charge >= 0.3 is 0 Å². The maximum atomic E-state index is 12.7. The number of benzene rings is 2. The molecule has 4 rings (SSSR count). The number of piperidine rings is 1. The van der Waals surface area contributed by atoms with Gasteiger partial charge in [0.05, 0.1) is 24.9 Å². The van der Waals surface area contributed by atoms with E-state index < -0.39 is 0 Å². The highest BCUT2D eigenvalue weighted by Crippen LogP contribution is 2.33. The van der Waals surface area contributed by atoms with Crippen molar-refractivity contribution < 1.29 is 18.7 Å². The predicted molar refractivity (Wildman–Crippen MR) is 118 cm³/mol. The molecule has 7 heteroatoms. The standard InChI is InChI=1S/C24H25N3O4/c1-16-19(26-24(31-16)17-8-4-3-5-9-17)15-22(28)25-18-11-12-21(30-2)20(14-18)27-13-7-6-10-23(27)29/h3-5,8-9,11-12,14H,6-7,10,13,15H2,1-2H3,(H,25,28). The third kappa shape index (κ3) is 4.60. The fraction of sp³-hybridized carbons (Fsp3) is 0.292. The largest absolute Gasteiger partial charge is 0.495 e. The monoisotopic (exact) mass is 419 g/mol. The Kier molecular flexibility index (Phi) is 6.02. The molecule has 2 aromatic carbocycles. The van der Waals surface area contributed by atoms with E-state index in [4.69, 9.17) is 9.15 Å². The summed E-state index contributed by atoms with van der Waals surface area (Å²) in [6.07, 6.45) is 2.46. The number of methoxy groups -OCH3 is 1. The molecule has 1 fully saturated rings. The van der Waals surface area contributed by atoms with Crippen LogP contribution in [0.4, 0.5) is 11.4 Å². The maximum Gasteiger partial charge on any atom is 0.230 e. The summed E-state index contributed by atoms with van der Waals surface area (Å²) in [5.41, 5.74) is 2.73. The van der Waals surface area contributed by atoms with Gasteiger partial charge in [-0.25, -0.2) is 4.98 Å². The summed E-state index contributed by atoms with van der Waals surface area (Å²) in [7, 11) is 1.57. The number of amides is 2. The lowest BCUT2D eigenvalue weighted by molar-refractivity contribution is -0.119. The molecule has 0 saturated carbocycles. The number of rotatable bonds is 6. The van der Waals surface area contributed by atoms with E-state index in [1.165, 1.54) is 0 Å². The number of carbonyl (C=O) groups is 2. The predicted octanol–water partition coefficient (Wildman–Crippen LogP) is 4.36. The van der Waals surface area contributed by atoms with Crippen LogP contribution < -0.4 is 15.0 Å². The number of ether oxygens (including phenoxy) is 1. The minimum atomic E-state index is -0.211. The van der Waals surface area contributed by atoms with E-state index in [9.17, 15) is 9.59 Å². The molecule has 0 spiro atoms. The van der Waals surface area contributed by atoms with E-state index in [0.717, 1.165) is 18.4 Å². The number of aryl methyl sites for hydroxylation is 1. The van der Waals surface area contributed by atoms with Crippen LogP contribution in [0.15, 0.2) is 52.9 Å². The summed E-state index contributed by atoms with van der Waals surface area (Å²) >= 11 is 0. The van der Waals surface area contributed by atoms with Crippen molar-refractivity contribution in [2.45, 2.75) is 32.6 Å². The van der Waals surface area contributed by atoms with Crippen LogP contribution in [-0.2, 0) is 16.0 Å². The van der Waals surface area contributed by atoms with Crippen molar-refractivity contribution in [2.75, 3.05) is 23.9 Å². The number of anilines is 2. The molecule has 0 aliphatic carbocycles. The molecule has 3 aromatic rings. The van der Waals surface area contributed by atoms with Gasteiger partial charge in [-0.05, 0) is 50.1 Å². The minimum Gasteiger partial charge on any atom is -0.495 e. The molecule has 0 bridgehead atoms. The summed E-state index contributed by atoms with van der Waals surface area (Å²) in [4.78, 5) is 31.3. The van der Waals surface area contributed by atoms with Crippen molar-refractivity contribution in [1.82, 2.24) is 4.98 Å². The van der Waals surface area contributed by atoms with Crippen LogP contribution in [0.5, 0.6) is 5.75 Å². The van der Waals surface area contributed by atoms with E-state index in [1.54, 1.807) is 37.1 Å². The number of aromatic nitrogens is 1. The summed E-state index contributed by atoms with van der Waals surface area (Å²) in [6, 6.07) is 14.9. The molecule has 2 heterocycles. The maximum absolute atomic E-state index is 12.7. The van der Waals surface area contributed by atoms with Crippen LogP contribution >= 0.6 is 0 Å². The van der Waals surface area contributed by atoms with Crippen molar-refractivity contribution >= 4 is 23.2 Å². The normalized spacial score (nSPS) is 13.9. The Balaban J connectivity index is 1.49. The molecule has 0 unspecified atom stereocenters. The second kappa shape index (κ2) is 9.04. The average molecular weight is 419 g/mol. The van der Waals surface area contributed by atoms with Crippen LogP contribution in [0.2, 0.25) is 0 Å². The average Bonchev–Trinajstić information content (AvgIpc) is 3.14. The van der Waals surface area contributed by atoms with E-state index in [2.05, 4.69) is 10.3 Å². The fourth-order valence-corrected chi connectivity index (χ4v) is 3.69. The molecule has 1 aromatic heterocycles. The van der Waals surface area contributed by atoms with E-state index in [0.29, 0.717) is 47.4 Å². The van der Waals surface area contributed by atoms with Crippen molar-refractivity contribution in [3.05, 3.63) is 60.0 Å². The molecule has 160 valence electrons. The van der Waals surface area contributed by atoms with Gasteiger partial charge in [-0.3, -0.25) is 9.59 Å². The summed E-state index contributed by atoms with van der Waals surface area (Å²) in [6.45, 7) is 2.45. The Morgan fingerprint density at radius 3 is 2.74 bits per heavy atom. The van der Waals surface area contributed by atoms with Crippen molar-refractivity contribution in [3.8, 4) is 17.2 Å². The molecular formula is C24H25N3O4. The van der Waals surface area contributed by atoms with E-state index in [-0.39, 0.29) is 18.2 Å². The highest BCUT2D eigenvalue weighted by Gasteiger charge is 2.23. The first-order valence-corrected chi connectivity index (χ1v) is 10.3. The lowest BCUT2D eigenvalue weighted by Gasteiger charge is -2.28. The molecule has 1 aliphatic heterocycles. The smallest absolute Gasteiger partial charge is 0.230 e. The molecule has 1 aliphatic rings. The first-order chi connectivity index (χ1) is 15.0. The van der Waals surface area contributed by atoms with Gasteiger partial charge in [-0.2, -0.15) is 0 Å². The Bertz CT molecular complexity index is 1090. The van der Waals surface area contributed by atoms with Gasteiger partial charge in [0.1, 0.15) is 11.5 Å². The number of hydrogen-bond acceptors (Lipinski definition) is 5. The SMILES string of the molecule is COc1ccc(NC(=O)Cc2nc(-c3ccccc3)oc2C)cc1N1CCCCC1=O. The van der Waals surface area contributed by atoms with E-state index >= 15 is 0 Å². The van der Waals surface area contributed by atoms with Crippen LogP contribution in [0.3, 0.4) is 0 Å². The molecule has 2 amide bonds.